The molecule has 2 heterocycles. The van der Waals surface area contributed by atoms with E-state index in [0.717, 1.165) is 11.3 Å². The van der Waals surface area contributed by atoms with Crippen LogP contribution in [0.5, 0.6) is 0 Å². The third kappa shape index (κ3) is 3.59. The van der Waals surface area contributed by atoms with Crippen molar-refractivity contribution in [2.45, 2.75) is 25.3 Å². The predicted molar refractivity (Wildman–Crippen MR) is 113 cm³/mol. The summed E-state index contributed by atoms with van der Waals surface area (Å²) in [6.45, 7) is 1.67. The third-order valence-electron chi connectivity index (χ3n) is 5.81. The van der Waals surface area contributed by atoms with Crippen molar-refractivity contribution in [2.24, 2.45) is 0 Å². The van der Waals surface area contributed by atoms with E-state index in [2.05, 4.69) is 5.32 Å². The van der Waals surface area contributed by atoms with E-state index >= 15 is 0 Å². The minimum absolute atomic E-state index is 0.0361. The van der Waals surface area contributed by atoms with Crippen molar-refractivity contribution in [3.05, 3.63) is 69.8 Å². The molecule has 2 aromatic rings. The van der Waals surface area contributed by atoms with Gasteiger partial charge in [-0.1, -0.05) is 0 Å². The number of nitro benzene ring substituents is 1. The highest BCUT2D eigenvalue weighted by atomic mass is 16.6. The number of carbonyl (C=O) groups is 4. The van der Waals surface area contributed by atoms with E-state index in [1.165, 1.54) is 31.2 Å². The first kappa shape index (κ1) is 21.2. The highest BCUT2D eigenvalue weighted by Gasteiger charge is 2.49. The van der Waals surface area contributed by atoms with Crippen molar-refractivity contribution in [2.75, 3.05) is 18.0 Å². The first-order valence-electron chi connectivity index (χ1n) is 10.0. The molecule has 1 atom stereocenters. The molecule has 0 radical (unpaired) electrons. The van der Waals surface area contributed by atoms with Gasteiger partial charge in [-0.15, -0.1) is 0 Å². The van der Waals surface area contributed by atoms with Gasteiger partial charge >= 0.3 is 6.03 Å². The number of hydrogen-bond acceptors (Lipinski definition) is 6. The zero-order valence-electron chi connectivity index (χ0n) is 17.2. The molecule has 2 aliphatic heterocycles. The standard InChI is InChI=1S/C22H20N4O6/c1-22(15-6-10-17(11-7-15)26(31)32)20(29)25(21(30)23-22)13-18(27)14-4-8-16(9-5-14)24-12-2-3-19(24)28/h4-11H,2-3,12-13H2,1H3,(H,23,30). The highest BCUT2D eigenvalue weighted by molar-refractivity contribution is 6.11. The van der Waals surface area contributed by atoms with Crippen molar-refractivity contribution >= 4 is 35.0 Å². The fourth-order valence-corrected chi connectivity index (χ4v) is 3.94. The number of ketones is 1. The molecule has 32 heavy (non-hydrogen) atoms. The molecule has 164 valence electrons. The molecule has 2 fully saturated rings. The van der Waals surface area contributed by atoms with Gasteiger partial charge in [-0.3, -0.25) is 29.4 Å². The Morgan fingerprint density at radius 2 is 1.75 bits per heavy atom. The van der Waals surface area contributed by atoms with Gasteiger partial charge in [-0.25, -0.2) is 4.79 Å². The number of nitrogens with zero attached hydrogens (tertiary/aromatic N) is 3. The van der Waals surface area contributed by atoms with E-state index in [9.17, 15) is 29.3 Å². The maximum atomic E-state index is 13.0. The SMILES string of the molecule is CC1(c2ccc([N+](=O)[O-])cc2)NC(=O)N(CC(=O)c2ccc(N3CCCC3=O)cc2)C1=O. The number of Topliss-reactive ketones (excluding diaryl/α,β-unsaturated/α-hetero) is 1. The molecular formula is C22H20N4O6. The Kier molecular flexibility index (Phi) is 5.21. The maximum absolute atomic E-state index is 13.0. The second kappa shape index (κ2) is 7.88. The quantitative estimate of drug-likeness (QED) is 0.320. The van der Waals surface area contributed by atoms with E-state index in [0.29, 0.717) is 29.8 Å². The normalized spacial score (nSPS) is 20.6. The number of urea groups is 1. The number of rotatable bonds is 6. The van der Waals surface area contributed by atoms with Gasteiger partial charge in [0.15, 0.2) is 5.78 Å². The van der Waals surface area contributed by atoms with Crippen molar-refractivity contribution in [3.8, 4) is 0 Å². The molecule has 0 aromatic heterocycles. The monoisotopic (exact) mass is 436 g/mol. The maximum Gasteiger partial charge on any atom is 0.325 e. The van der Waals surface area contributed by atoms with Gasteiger partial charge < -0.3 is 10.2 Å². The molecule has 0 spiro atoms. The Bertz CT molecular complexity index is 1130. The number of carbonyl (C=O) groups excluding carboxylic acids is 4. The van der Waals surface area contributed by atoms with Crippen LogP contribution >= 0.6 is 0 Å². The number of amides is 4. The van der Waals surface area contributed by atoms with Gasteiger partial charge in [0, 0.05) is 36.3 Å². The average Bonchev–Trinajstić information content (AvgIpc) is 3.30. The molecule has 4 rings (SSSR count). The van der Waals surface area contributed by atoms with Crippen LogP contribution in [0.15, 0.2) is 48.5 Å². The Morgan fingerprint density at radius 3 is 2.31 bits per heavy atom. The van der Waals surface area contributed by atoms with Gasteiger partial charge in [-0.2, -0.15) is 0 Å². The summed E-state index contributed by atoms with van der Waals surface area (Å²) in [7, 11) is 0. The lowest BCUT2D eigenvalue weighted by Gasteiger charge is -2.22. The van der Waals surface area contributed by atoms with Crippen molar-refractivity contribution in [1.29, 1.82) is 0 Å². The van der Waals surface area contributed by atoms with Gasteiger partial charge in [0.1, 0.15) is 5.54 Å². The molecule has 10 heteroatoms. The lowest BCUT2D eigenvalue weighted by molar-refractivity contribution is -0.384. The first-order chi connectivity index (χ1) is 15.2. The predicted octanol–water partition coefficient (Wildman–Crippen LogP) is 2.37. The lowest BCUT2D eigenvalue weighted by Crippen LogP contribution is -2.41. The number of hydrogen-bond donors (Lipinski definition) is 1. The van der Waals surface area contributed by atoms with Crippen LogP contribution in [0.1, 0.15) is 35.7 Å². The Labute approximate surface area is 182 Å². The molecule has 2 aliphatic rings. The molecule has 0 bridgehead atoms. The van der Waals surface area contributed by atoms with Crippen LogP contribution < -0.4 is 10.2 Å². The summed E-state index contributed by atoms with van der Waals surface area (Å²) >= 11 is 0. The average molecular weight is 436 g/mol. The second-order valence-electron chi connectivity index (χ2n) is 7.87. The summed E-state index contributed by atoms with van der Waals surface area (Å²) in [5, 5.41) is 13.4. The van der Waals surface area contributed by atoms with E-state index < -0.39 is 34.7 Å². The highest BCUT2D eigenvalue weighted by Crippen LogP contribution is 2.30. The fraction of sp³-hybridized carbons (Fsp3) is 0.273. The van der Waals surface area contributed by atoms with Crippen LogP contribution in [0, 0.1) is 10.1 Å². The fourth-order valence-electron chi connectivity index (χ4n) is 3.94. The smallest absolute Gasteiger partial charge is 0.319 e. The number of nitrogens with one attached hydrogen (secondary N) is 1. The first-order valence-corrected chi connectivity index (χ1v) is 10.0. The Morgan fingerprint density at radius 1 is 1.09 bits per heavy atom. The van der Waals surface area contributed by atoms with Crippen LogP contribution in [0.4, 0.5) is 16.2 Å². The Hall–Kier alpha value is -4.08. The molecule has 2 aromatic carbocycles. The molecule has 0 aliphatic carbocycles. The van der Waals surface area contributed by atoms with Crippen molar-refractivity contribution in [1.82, 2.24) is 10.2 Å². The zero-order chi connectivity index (χ0) is 23.0. The van der Waals surface area contributed by atoms with Gasteiger partial charge in [0.05, 0.1) is 11.5 Å². The van der Waals surface area contributed by atoms with Gasteiger partial charge in [-0.05, 0) is 55.3 Å². The summed E-state index contributed by atoms with van der Waals surface area (Å²) in [4.78, 5) is 62.8. The second-order valence-corrected chi connectivity index (χ2v) is 7.87. The van der Waals surface area contributed by atoms with Crippen LogP contribution in [0.25, 0.3) is 0 Å². The summed E-state index contributed by atoms with van der Waals surface area (Å²) in [5.74, 6) is -1.02. The van der Waals surface area contributed by atoms with Gasteiger partial charge in [0.2, 0.25) is 5.91 Å². The molecule has 2 saturated heterocycles. The molecule has 1 N–H and O–H groups in total. The zero-order valence-corrected chi connectivity index (χ0v) is 17.2. The summed E-state index contributed by atoms with van der Waals surface area (Å²) in [6, 6.07) is 11.1. The van der Waals surface area contributed by atoms with E-state index in [1.54, 1.807) is 29.2 Å². The van der Waals surface area contributed by atoms with Crippen LogP contribution in [-0.4, -0.2) is 46.5 Å². The number of non-ortho nitro benzene ring substituents is 1. The number of benzene rings is 2. The minimum Gasteiger partial charge on any atom is -0.319 e. The number of nitro groups is 1. The number of imide groups is 1. The van der Waals surface area contributed by atoms with E-state index in [1.807, 2.05) is 0 Å². The van der Waals surface area contributed by atoms with Crippen LogP contribution in [0.2, 0.25) is 0 Å². The van der Waals surface area contributed by atoms with Crippen LogP contribution in [0.3, 0.4) is 0 Å². The summed E-state index contributed by atoms with van der Waals surface area (Å²) in [6.07, 6.45) is 1.29. The summed E-state index contributed by atoms with van der Waals surface area (Å²) in [5.41, 5.74) is -0.196. The van der Waals surface area contributed by atoms with Crippen molar-refractivity contribution in [3.63, 3.8) is 0 Å². The summed E-state index contributed by atoms with van der Waals surface area (Å²) < 4.78 is 0. The molecule has 0 saturated carbocycles. The number of anilines is 1. The molecular weight excluding hydrogens is 416 g/mol. The lowest BCUT2D eigenvalue weighted by atomic mass is 9.92. The minimum atomic E-state index is -1.44. The molecule has 4 amide bonds. The Balaban J connectivity index is 1.48. The van der Waals surface area contributed by atoms with E-state index in [4.69, 9.17) is 0 Å². The van der Waals surface area contributed by atoms with Gasteiger partial charge in [0.25, 0.3) is 11.6 Å². The third-order valence-corrected chi connectivity index (χ3v) is 5.81. The van der Waals surface area contributed by atoms with Crippen molar-refractivity contribution < 1.29 is 24.1 Å². The molecule has 1 unspecified atom stereocenters. The molecule has 10 nitrogen and oxygen atoms in total. The van der Waals surface area contributed by atoms with Crippen LogP contribution in [-0.2, 0) is 15.1 Å². The largest absolute Gasteiger partial charge is 0.325 e. The topological polar surface area (TPSA) is 130 Å². The van der Waals surface area contributed by atoms with E-state index in [-0.39, 0.29) is 11.6 Å².